The van der Waals surface area contributed by atoms with E-state index in [-0.39, 0.29) is 0 Å². The van der Waals surface area contributed by atoms with Crippen molar-refractivity contribution >= 4 is 6.08 Å². The quantitative estimate of drug-likeness (QED) is 0.628. The summed E-state index contributed by atoms with van der Waals surface area (Å²) >= 11 is 0. The van der Waals surface area contributed by atoms with E-state index in [0.717, 1.165) is 17.7 Å². The van der Waals surface area contributed by atoms with E-state index in [1.807, 2.05) is 18.2 Å². The van der Waals surface area contributed by atoms with Gasteiger partial charge in [-0.05, 0) is 18.9 Å². The maximum atomic E-state index is 5.27. The maximum absolute atomic E-state index is 5.27. The predicted molar refractivity (Wildman–Crippen MR) is 66.2 cm³/mol. The number of allylic oxidation sites excluding steroid dienone is 1. The zero-order valence-corrected chi connectivity index (χ0v) is 9.70. The standard InChI is InChI=1S/C14H20O/c1-3-4-5-6-7-10-13-11-8-9-12-14(13)15-2/h7-12H,3-6H2,1-2H3/b10-7+. The van der Waals surface area contributed by atoms with Gasteiger partial charge in [0.05, 0.1) is 7.11 Å². The van der Waals surface area contributed by atoms with Crippen LogP contribution in [0.25, 0.3) is 6.08 Å². The Morgan fingerprint density at radius 3 is 2.73 bits per heavy atom. The second kappa shape index (κ2) is 7.10. The Bertz CT molecular complexity index is 302. The normalized spacial score (nSPS) is 10.8. The molecular formula is C14H20O. The van der Waals surface area contributed by atoms with Crippen molar-refractivity contribution in [1.82, 2.24) is 0 Å². The number of benzene rings is 1. The van der Waals surface area contributed by atoms with Crippen LogP contribution < -0.4 is 4.74 Å². The van der Waals surface area contributed by atoms with Crippen molar-refractivity contribution in [2.45, 2.75) is 32.6 Å². The summed E-state index contributed by atoms with van der Waals surface area (Å²) < 4.78 is 5.27. The summed E-state index contributed by atoms with van der Waals surface area (Å²) in [7, 11) is 1.71. The molecule has 1 aromatic rings. The summed E-state index contributed by atoms with van der Waals surface area (Å²) in [6, 6.07) is 8.10. The molecule has 0 saturated heterocycles. The number of para-hydroxylation sites is 1. The Hall–Kier alpha value is -1.24. The fourth-order valence-electron chi connectivity index (χ4n) is 1.53. The van der Waals surface area contributed by atoms with E-state index in [2.05, 4.69) is 25.1 Å². The minimum Gasteiger partial charge on any atom is -0.496 e. The lowest BCUT2D eigenvalue weighted by Crippen LogP contribution is -1.85. The third-order valence-corrected chi connectivity index (χ3v) is 2.41. The average Bonchev–Trinajstić information content (AvgIpc) is 2.29. The summed E-state index contributed by atoms with van der Waals surface area (Å²) in [6.07, 6.45) is 9.41. The van der Waals surface area contributed by atoms with Crippen molar-refractivity contribution in [2.24, 2.45) is 0 Å². The van der Waals surface area contributed by atoms with Gasteiger partial charge in [0.15, 0.2) is 0 Å². The van der Waals surface area contributed by atoms with Crippen LogP contribution in [0, 0.1) is 0 Å². The molecule has 82 valence electrons. The summed E-state index contributed by atoms with van der Waals surface area (Å²) in [5, 5.41) is 0. The van der Waals surface area contributed by atoms with Gasteiger partial charge in [0, 0.05) is 5.56 Å². The molecule has 0 unspecified atom stereocenters. The van der Waals surface area contributed by atoms with Crippen LogP contribution in [0.2, 0.25) is 0 Å². The molecule has 15 heavy (non-hydrogen) atoms. The SMILES string of the molecule is CCCCC/C=C/c1ccccc1OC. The van der Waals surface area contributed by atoms with Gasteiger partial charge in [-0.3, -0.25) is 0 Å². The van der Waals surface area contributed by atoms with Gasteiger partial charge in [0.1, 0.15) is 5.75 Å². The zero-order chi connectivity index (χ0) is 10.9. The smallest absolute Gasteiger partial charge is 0.126 e. The first kappa shape index (κ1) is 11.8. The lowest BCUT2D eigenvalue weighted by atomic mass is 10.1. The zero-order valence-electron chi connectivity index (χ0n) is 9.70. The van der Waals surface area contributed by atoms with Gasteiger partial charge in [-0.25, -0.2) is 0 Å². The molecule has 1 aromatic carbocycles. The molecule has 1 rings (SSSR count). The minimum atomic E-state index is 0.948. The minimum absolute atomic E-state index is 0.948. The Morgan fingerprint density at radius 2 is 2.00 bits per heavy atom. The monoisotopic (exact) mass is 204 g/mol. The molecule has 0 fully saturated rings. The lowest BCUT2D eigenvalue weighted by Gasteiger charge is -2.03. The Balaban J connectivity index is 2.48. The molecule has 0 radical (unpaired) electrons. The van der Waals surface area contributed by atoms with Gasteiger partial charge in [-0.1, -0.05) is 50.1 Å². The number of ether oxygens (including phenoxy) is 1. The highest BCUT2D eigenvalue weighted by Gasteiger charge is 1.95. The molecule has 0 atom stereocenters. The number of hydrogen-bond donors (Lipinski definition) is 0. The molecule has 0 heterocycles. The van der Waals surface area contributed by atoms with Crippen LogP contribution in [-0.2, 0) is 0 Å². The summed E-state index contributed by atoms with van der Waals surface area (Å²) in [5.41, 5.74) is 1.16. The van der Waals surface area contributed by atoms with Crippen LogP contribution in [0.4, 0.5) is 0 Å². The first-order valence-corrected chi connectivity index (χ1v) is 5.68. The van der Waals surface area contributed by atoms with Crippen molar-refractivity contribution in [3.8, 4) is 5.75 Å². The third kappa shape index (κ3) is 4.20. The molecule has 0 spiro atoms. The fourth-order valence-corrected chi connectivity index (χ4v) is 1.53. The van der Waals surface area contributed by atoms with Crippen LogP contribution in [0.1, 0.15) is 38.2 Å². The maximum Gasteiger partial charge on any atom is 0.126 e. The van der Waals surface area contributed by atoms with Crippen molar-refractivity contribution < 1.29 is 4.74 Å². The van der Waals surface area contributed by atoms with E-state index in [1.54, 1.807) is 7.11 Å². The third-order valence-electron chi connectivity index (χ3n) is 2.41. The molecule has 0 aromatic heterocycles. The average molecular weight is 204 g/mol. The molecule has 1 nitrogen and oxygen atoms in total. The van der Waals surface area contributed by atoms with E-state index < -0.39 is 0 Å². The lowest BCUT2D eigenvalue weighted by molar-refractivity contribution is 0.414. The van der Waals surface area contributed by atoms with Gasteiger partial charge in [0.2, 0.25) is 0 Å². The van der Waals surface area contributed by atoms with Gasteiger partial charge in [0.25, 0.3) is 0 Å². The van der Waals surface area contributed by atoms with Gasteiger partial charge < -0.3 is 4.74 Å². The van der Waals surface area contributed by atoms with Crippen molar-refractivity contribution in [3.63, 3.8) is 0 Å². The number of hydrogen-bond acceptors (Lipinski definition) is 1. The van der Waals surface area contributed by atoms with Crippen LogP contribution in [0.15, 0.2) is 30.3 Å². The van der Waals surface area contributed by atoms with Gasteiger partial charge in [-0.2, -0.15) is 0 Å². The molecule has 0 aliphatic carbocycles. The molecule has 0 amide bonds. The highest BCUT2D eigenvalue weighted by atomic mass is 16.5. The second-order valence-corrected chi connectivity index (χ2v) is 3.64. The number of unbranched alkanes of at least 4 members (excludes halogenated alkanes) is 3. The van der Waals surface area contributed by atoms with E-state index >= 15 is 0 Å². The number of methoxy groups -OCH3 is 1. The molecule has 0 aliphatic heterocycles. The van der Waals surface area contributed by atoms with Gasteiger partial charge >= 0.3 is 0 Å². The molecule has 0 N–H and O–H groups in total. The largest absolute Gasteiger partial charge is 0.496 e. The number of rotatable bonds is 6. The fraction of sp³-hybridized carbons (Fsp3) is 0.429. The molecule has 0 saturated carbocycles. The molecule has 1 heteroatoms. The summed E-state index contributed by atoms with van der Waals surface area (Å²) in [4.78, 5) is 0. The highest BCUT2D eigenvalue weighted by Crippen LogP contribution is 2.19. The van der Waals surface area contributed by atoms with Crippen LogP contribution in [-0.4, -0.2) is 7.11 Å². The molecule has 0 aliphatic rings. The van der Waals surface area contributed by atoms with Gasteiger partial charge in [-0.15, -0.1) is 0 Å². The summed E-state index contributed by atoms with van der Waals surface area (Å²) in [6.45, 7) is 2.23. The highest BCUT2D eigenvalue weighted by molar-refractivity contribution is 5.56. The summed E-state index contributed by atoms with van der Waals surface area (Å²) in [5.74, 6) is 0.948. The molecule has 0 bridgehead atoms. The first-order valence-electron chi connectivity index (χ1n) is 5.68. The van der Waals surface area contributed by atoms with E-state index in [4.69, 9.17) is 4.74 Å². The van der Waals surface area contributed by atoms with Crippen molar-refractivity contribution in [2.75, 3.05) is 7.11 Å². The Kier molecular flexibility index (Phi) is 5.60. The van der Waals surface area contributed by atoms with E-state index in [0.29, 0.717) is 0 Å². The van der Waals surface area contributed by atoms with Crippen LogP contribution in [0.3, 0.4) is 0 Å². The van der Waals surface area contributed by atoms with E-state index in [9.17, 15) is 0 Å². The van der Waals surface area contributed by atoms with Crippen LogP contribution in [0.5, 0.6) is 5.75 Å². The predicted octanol–water partition coefficient (Wildman–Crippen LogP) is 4.29. The Morgan fingerprint density at radius 1 is 1.20 bits per heavy atom. The van der Waals surface area contributed by atoms with E-state index in [1.165, 1.54) is 19.3 Å². The topological polar surface area (TPSA) is 9.23 Å². The first-order chi connectivity index (χ1) is 7.38. The second-order valence-electron chi connectivity index (χ2n) is 3.64. The van der Waals surface area contributed by atoms with Crippen LogP contribution >= 0.6 is 0 Å². The molecular weight excluding hydrogens is 184 g/mol. The van der Waals surface area contributed by atoms with Crippen molar-refractivity contribution in [3.05, 3.63) is 35.9 Å². The van der Waals surface area contributed by atoms with Crippen molar-refractivity contribution in [1.29, 1.82) is 0 Å². The Labute approximate surface area is 92.8 Å².